The normalized spacial score (nSPS) is 11.8. The van der Waals surface area contributed by atoms with E-state index in [9.17, 15) is 18.0 Å². The van der Waals surface area contributed by atoms with Crippen LogP contribution in [0, 0.1) is 0 Å². The molecule has 0 aliphatic heterocycles. The van der Waals surface area contributed by atoms with Crippen molar-refractivity contribution in [2.45, 2.75) is 52.4 Å². The van der Waals surface area contributed by atoms with Gasteiger partial charge in [0, 0.05) is 30.3 Å². The summed E-state index contributed by atoms with van der Waals surface area (Å²) in [5.41, 5.74) is 3.86. The first-order chi connectivity index (χ1) is 17.4. The topological polar surface area (TPSA) is 41.6 Å². The summed E-state index contributed by atoms with van der Waals surface area (Å²) < 4.78 is 42.1. The lowest BCUT2D eigenvalue weighted by molar-refractivity contribution is -0.274. The number of carbonyl (C=O) groups excluding carboxylic acids is 1. The van der Waals surface area contributed by atoms with Crippen LogP contribution in [-0.2, 0) is 18.4 Å². The van der Waals surface area contributed by atoms with Crippen LogP contribution in [0.25, 0.3) is 0 Å². The molecule has 0 heterocycles. The number of hydrogen-bond acceptors (Lipinski definition) is 3. The predicted molar refractivity (Wildman–Crippen MR) is 142 cm³/mol. The second-order valence-electron chi connectivity index (χ2n) is 9.84. The second-order valence-corrected chi connectivity index (χ2v) is 10.3. The first-order valence-electron chi connectivity index (χ1n) is 12.1. The molecule has 3 aromatic rings. The van der Waals surface area contributed by atoms with E-state index in [4.69, 9.17) is 11.6 Å². The largest absolute Gasteiger partial charge is 0.573 e. The van der Waals surface area contributed by atoms with E-state index in [1.807, 2.05) is 19.1 Å². The molecule has 3 aromatic carbocycles. The Hall–Kier alpha value is -3.19. The summed E-state index contributed by atoms with van der Waals surface area (Å²) in [5.74, 6) is -0.508. The zero-order valence-corrected chi connectivity index (χ0v) is 22.2. The van der Waals surface area contributed by atoms with Crippen molar-refractivity contribution < 1.29 is 22.7 Å². The SMILES string of the molecule is CCNc1ccc(Cl)cc1C(=O)N(CCc1cccc(OC(F)(F)F)c1)Cc1ccc(C(C)(C)C)cc1. The van der Waals surface area contributed by atoms with Crippen LogP contribution in [0.5, 0.6) is 5.75 Å². The number of hydrogen-bond donors (Lipinski definition) is 1. The van der Waals surface area contributed by atoms with Gasteiger partial charge in [-0.25, -0.2) is 0 Å². The predicted octanol–water partition coefficient (Wildman–Crippen LogP) is 7.85. The van der Waals surface area contributed by atoms with E-state index >= 15 is 0 Å². The van der Waals surface area contributed by atoms with E-state index in [1.165, 1.54) is 23.8 Å². The maximum absolute atomic E-state index is 13.8. The van der Waals surface area contributed by atoms with Gasteiger partial charge in [-0.3, -0.25) is 4.79 Å². The highest BCUT2D eigenvalue weighted by Gasteiger charge is 2.31. The average Bonchev–Trinajstić information content (AvgIpc) is 2.81. The van der Waals surface area contributed by atoms with Crippen molar-refractivity contribution in [3.63, 3.8) is 0 Å². The van der Waals surface area contributed by atoms with Gasteiger partial charge in [0.2, 0.25) is 0 Å². The number of ether oxygens (including phenoxy) is 1. The molecule has 0 saturated carbocycles. The molecule has 37 heavy (non-hydrogen) atoms. The Morgan fingerprint density at radius 2 is 1.68 bits per heavy atom. The summed E-state index contributed by atoms with van der Waals surface area (Å²) >= 11 is 6.22. The number of carbonyl (C=O) groups is 1. The molecule has 0 radical (unpaired) electrons. The van der Waals surface area contributed by atoms with Gasteiger partial charge in [-0.15, -0.1) is 13.2 Å². The maximum atomic E-state index is 13.8. The minimum Gasteiger partial charge on any atom is -0.406 e. The van der Waals surface area contributed by atoms with E-state index in [1.54, 1.807) is 29.2 Å². The quantitative estimate of drug-likeness (QED) is 0.305. The lowest BCUT2D eigenvalue weighted by Crippen LogP contribution is -2.33. The number of nitrogens with zero attached hydrogens (tertiary/aromatic N) is 1. The molecule has 0 fully saturated rings. The Balaban J connectivity index is 1.88. The molecule has 0 aliphatic carbocycles. The first-order valence-corrected chi connectivity index (χ1v) is 12.5. The lowest BCUT2D eigenvalue weighted by Gasteiger charge is -2.25. The molecule has 1 amide bonds. The van der Waals surface area contributed by atoms with Crippen LogP contribution in [0.1, 0.15) is 54.7 Å². The number of nitrogens with one attached hydrogen (secondary N) is 1. The van der Waals surface area contributed by atoms with Crippen molar-refractivity contribution in [1.29, 1.82) is 0 Å². The molecule has 0 atom stereocenters. The van der Waals surface area contributed by atoms with Crippen molar-refractivity contribution in [3.05, 3.63) is 94.0 Å². The molecular weight excluding hydrogens is 501 g/mol. The Morgan fingerprint density at radius 1 is 0.973 bits per heavy atom. The summed E-state index contributed by atoms with van der Waals surface area (Å²) in [5, 5.41) is 3.64. The van der Waals surface area contributed by atoms with E-state index in [-0.39, 0.29) is 23.6 Å². The van der Waals surface area contributed by atoms with E-state index < -0.39 is 6.36 Å². The minimum atomic E-state index is -4.77. The molecule has 0 saturated heterocycles. The van der Waals surface area contributed by atoms with Gasteiger partial charge in [0.1, 0.15) is 5.75 Å². The number of amides is 1. The first kappa shape index (κ1) is 28.4. The van der Waals surface area contributed by atoms with Crippen molar-refractivity contribution in [1.82, 2.24) is 4.90 Å². The molecule has 4 nitrogen and oxygen atoms in total. The summed E-state index contributed by atoms with van der Waals surface area (Å²) in [7, 11) is 0. The molecule has 0 bridgehead atoms. The Bertz CT molecular complexity index is 1210. The van der Waals surface area contributed by atoms with Gasteiger partial charge in [-0.1, -0.05) is 68.8 Å². The van der Waals surface area contributed by atoms with Crippen LogP contribution in [0.15, 0.2) is 66.7 Å². The summed E-state index contributed by atoms with van der Waals surface area (Å²) in [4.78, 5) is 15.4. The monoisotopic (exact) mass is 532 g/mol. The maximum Gasteiger partial charge on any atom is 0.573 e. The molecule has 198 valence electrons. The highest BCUT2D eigenvalue weighted by molar-refractivity contribution is 6.31. The molecule has 0 aliphatic rings. The van der Waals surface area contributed by atoms with Crippen LogP contribution >= 0.6 is 11.6 Å². The zero-order chi connectivity index (χ0) is 27.2. The molecule has 8 heteroatoms. The van der Waals surface area contributed by atoms with E-state index in [0.29, 0.717) is 41.3 Å². The highest BCUT2D eigenvalue weighted by atomic mass is 35.5. The van der Waals surface area contributed by atoms with E-state index in [2.05, 4.69) is 43.0 Å². The standard InChI is InChI=1S/C29H32ClF3N2O2/c1-5-34-26-14-13-23(30)18-25(26)27(36)35(19-21-9-11-22(12-10-21)28(2,3)4)16-15-20-7-6-8-24(17-20)37-29(31,32)33/h6-14,17-18,34H,5,15-16,19H2,1-4H3. The highest BCUT2D eigenvalue weighted by Crippen LogP contribution is 2.27. The lowest BCUT2D eigenvalue weighted by atomic mass is 9.87. The van der Waals surface area contributed by atoms with E-state index in [0.717, 1.165) is 5.56 Å². The third-order valence-corrected chi connectivity index (χ3v) is 6.10. The van der Waals surface area contributed by atoms with Crippen LogP contribution in [0.3, 0.4) is 0 Å². The summed E-state index contributed by atoms with van der Waals surface area (Å²) in [6, 6.07) is 19.1. The van der Waals surface area contributed by atoms with Crippen LogP contribution in [0.2, 0.25) is 5.02 Å². The van der Waals surface area contributed by atoms with Gasteiger partial charge in [0.25, 0.3) is 5.91 Å². The average molecular weight is 533 g/mol. The third-order valence-electron chi connectivity index (χ3n) is 5.86. The number of rotatable bonds is 9. The van der Waals surface area contributed by atoms with Crippen molar-refractivity contribution >= 4 is 23.2 Å². The molecule has 0 aromatic heterocycles. The van der Waals surface area contributed by atoms with Gasteiger partial charge in [-0.05, 0) is 65.8 Å². The fourth-order valence-corrected chi connectivity index (χ4v) is 4.13. The van der Waals surface area contributed by atoms with Gasteiger partial charge in [-0.2, -0.15) is 0 Å². The number of halogens is 4. The fraction of sp³-hybridized carbons (Fsp3) is 0.345. The van der Waals surface area contributed by atoms with Gasteiger partial charge < -0.3 is 15.0 Å². The number of alkyl halides is 3. The van der Waals surface area contributed by atoms with Crippen molar-refractivity contribution in [2.24, 2.45) is 0 Å². The Morgan fingerprint density at radius 3 is 2.30 bits per heavy atom. The number of benzene rings is 3. The van der Waals surface area contributed by atoms with Crippen LogP contribution in [0.4, 0.5) is 18.9 Å². The minimum absolute atomic E-state index is 0.000942. The Labute approximate surface area is 221 Å². The van der Waals surface area contributed by atoms with Crippen molar-refractivity contribution in [3.8, 4) is 5.75 Å². The zero-order valence-electron chi connectivity index (χ0n) is 21.5. The molecular formula is C29H32ClF3N2O2. The smallest absolute Gasteiger partial charge is 0.406 e. The summed E-state index contributed by atoms with van der Waals surface area (Å²) in [6.45, 7) is 9.59. The van der Waals surface area contributed by atoms with Crippen LogP contribution < -0.4 is 10.1 Å². The summed E-state index contributed by atoms with van der Waals surface area (Å²) in [6.07, 6.45) is -4.42. The number of anilines is 1. The molecule has 3 rings (SSSR count). The van der Waals surface area contributed by atoms with Gasteiger partial charge >= 0.3 is 6.36 Å². The third kappa shape index (κ3) is 8.42. The van der Waals surface area contributed by atoms with Gasteiger partial charge in [0.05, 0.1) is 5.56 Å². The molecule has 1 N–H and O–H groups in total. The van der Waals surface area contributed by atoms with Gasteiger partial charge in [0.15, 0.2) is 0 Å². The molecule has 0 unspecified atom stereocenters. The van der Waals surface area contributed by atoms with Crippen LogP contribution in [-0.4, -0.2) is 30.3 Å². The Kier molecular flexibility index (Phi) is 9.13. The fourth-order valence-electron chi connectivity index (χ4n) is 3.95. The molecule has 0 spiro atoms. The second kappa shape index (κ2) is 11.9. The van der Waals surface area contributed by atoms with Crippen molar-refractivity contribution in [2.75, 3.05) is 18.4 Å².